The zero-order chi connectivity index (χ0) is 11.4. The molecule has 0 saturated heterocycles. The first-order valence-electron chi connectivity index (χ1n) is 5.00. The minimum absolute atomic E-state index is 0. The Morgan fingerprint density at radius 1 is 1.24 bits per heavy atom. The molecular formula is C13H13ClN2O. The molecule has 88 valence electrons. The smallest absolute Gasteiger partial charge is 0.122 e. The Balaban J connectivity index is 0.00000144. The van der Waals surface area contributed by atoms with Gasteiger partial charge in [0.25, 0.3) is 0 Å². The van der Waals surface area contributed by atoms with E-state index in [0.29, 0.717) is 0 Å². The highest BCUT2D eigenvalue weighted by Gasteiger charge is 1.99. The van der Waals surface area contributed by atoms with Crippen LogP contribution in [0.15, 0.2) is 42.9 Å². The second kappa shape index (κ2) is 6.01. The summed E-state index contributed by atoms with van der Waals surface area (Å²) in [7, 11) is 0. The fourth-order valence-corrected chi connectivity index (χ4v) is 1.42. The lowest BCUT2D eigenvalue weighted by Crippen LogP contribution is -1.86. The van der Waals surface area contributed by atoms with Gasteiger partial charge in [-0.1, -0.05) is 18.2 Å². The number of aromatic nitrogens is 2. The first-order valence-corrected chi connectivity index (χ1v) is 5.00. The van der Waals surface area contributed by atoms with Gasteiger partial charge in [-0.25, -0.2) is 0 Å². The van der Waals surface area contributed by atoms with Crippen molar-refractivity contribution in [3.05, 3.63) is 54.1 Å². The first kappa shape index (κ1) is 13.2. The summed E-state index contributed by atoms with van der Waals surface area (Å²) < 4.78 is 0. The summed E-state index contributed by atoms with van der Waals surface area (Å²) in [6.45, 7) is 1.94. The Morgan fingerprint density at radius 3 is 2.65 bits per heavy atom. The summed E-state index contributed by atoms with van der Waals surface area (Å²) in [6.07, 6.45) is 6.87. The molecule has 1 heterocycles. The normalized spacial score (nSPS) is 10.8. The summed E-state index contributed by atoms with van der Waals surface area (Å²) in [5.41, 5.74) is 2.56. The maximum atomic E-state index is 9.63. The predicted molar refractivity (Wildman–Crippen MR) is 70.9 cm³/mol. The summed E-state index contributed by atoms with van der Waals surface area (Å²) >= 11 is 0. The van der Waals surface area contributed by atoms with Crippen LogP contribution < -0.4 is 0 Å². The number of hydrogen-bond acceptors (Lipinski definition) is 3. The number of phenols is 1. The molecule has 0 amide bonds. The van der Waals surface area contributed by atoms with Crippen LogP contribution in [-0.4, -0.2) is 15.1 Å². The van der Waals surface area contributed by atoms with Gasteiger partial charge in [-0.15, -0.1) is 12.4 Å². The highest BCUT2D eigenvalue weighted by atomic mass is 35.5. The van der Waals surface area contributed by atoms with Crippen molar-refractivity contribution in [2.75, 3.05) is 0 Å². The number of phenolic OH excluding ortho intramolecular Hbond substituents is 1. The van der Waals surface area contributed by atoms with Crippen LogP contribution in [0.5, 0.6) is 5.75 Å². The number of benzene rings is 1. The molecule has 0 aliphatic carbocycles. The van der Waals surface area contributed by atoms with Crippen molar-refractivity contribution in [3.8, 4) is 5.75 Å². The molecule has 0 saturated carbocycles. The van der Waals surface area contributed by atoms with Gasteiger partial charge in [0.2, 0.25) is 0 Å². The van der Waals surface area contributed by atoms with Gasteiger partial charge in [0.1, 0.15) is 5.75 Å². The molecule has 0 aliphatic heterocycles. The summed E-state index contributed by atoms with van der Waals surface area (Å²) in [6, 6.07) is 7.20. The van der Waals surface area contributed by atoms with E-state index < -0.39 is 0 Å². The third-order valence-corrected chi connectivity index (χ3v) is 2.28. The predicted octanol–water partition coefficient (Wildman–Crippen LogP) is 3.16. The zero-order valence-electron chi connectivity index (χ0n) is 9.37. The van der Waals surface area contributed by atoms with Crippen molar-refractivity contribution in [2.45, 2.75) is 6.92 Å². The standard InChI is InChI=1S/C13H12N2O.ClH/c1-10(12-9-14-6-7-15-12)8-11-4-2-3-5-13(11)16;/h2-9,16H,1H3;1H. The lowest BCUT2D eigenvalue weighted by atomic mass is 10.1. The lowest BCUT2D eigenvalue weighted by Gasteiger charge is -2.01. The van der Waals surface area contributed by atoms with E-state index >= 15 is 0 Å². The molecule has 0 bridgehead atoms. The average molecular weight is 249 g/mol. The van der Waals surface area contributed by atoms with E-state index in [1.807, 2.05) is 25.1 Å². The highest BCUT2D eigenvalue weighted by molar-refractivity contribution is 5.85. The van der Waals surface area contributed by atoms with Gasteiger partial charge in [0, 0.05) is 18.0 Å². The molecule has 3 nitrogen and oxygen atoms in total. The van der Waals surface area contributed by atoms with Crippen molar-refractivity contribution in [2.24, 2.45) is 0 Å². The van der Waals surface area contributed by atoms with Crippen LogP contribution in [0.4, 0.5) is 0 Å². The van der Waals surface area contributed by atoms with Crippen LogP contribution in [0.25, 0.3) is 11.6 Å². The molecule has 0 spiro atoms. The fourth-order valence-electron chi connectivity index (χ4n) is 1.42. The number of aromatic hydroxyl groups is 1. The molecular weight excluding hydrogens is 236 g/mol. The SMILES string of the molecule is CC(=Cc1ccccc1O)c1cnccn1.Cl. The third-order valence-electron chi connectivity index (χ3n) is 2.28. The van der Waals surface area contributed by atoms with Gasteiger partial charge in [-0.05, 0) is 24.6 Å². The van der Waals surface area contributed by atoms with E-state index in [0.717, 1.165) is 16.8 Å². The van der Waals surface area contributed by atoms with Crippen molar-refractivity contribution in [1.29, 1.82) is 0 Å². The number of halogens is 1. The topological polar surface area (TPSA) is 46.0 Å². The molecule has 0 atom stereocenters. The van der Waals surface area contributed by atoms with E-state index in [9.17, 15) is 5.11 Å². The molecule has 2 aromatic rings. The Bertz CT molecular complexity index is 512. The van der Waals surface area contributed by atoms with Crippen LogP contribution in [0, 0.1) is 0 Å². The van der Waals surface area contributed by atoms with Gasteiger partial charge < -0.3 is 5.11 Å². The van der Waals surface area contributed by atoms with E-state index in [1.165, 1.54) is 0 Å². The molecule has 0 aliphatic rings. The van der Waals surface area contributed by atoms with Gasteiger partial charge in [0.15, 0.2) is 0 Å². The zero-order valence-corrected chi connectivity index (χ0v) is 10.2. The number of rotatable bonds is 2. The molecule has 4 heteroatoms. The number of allylic oxidation sites excluding steroid dienone is 1. The van der Waals surface area contributed by atoms with Crippen LogP contribution in [0.2, 0.25) is 0 Å². The van der Waals surface area contributed by atoms with Crippen LogP contribution in [0.3, 0.4) is 0 Å². The lowest BCUT2D eigenvalue weighted by molar-refractivity contribution is 0.474. The van der Waals surface area contributed by atoms with Crippen molar-refractivity contribution < 1.29 is 5.11 Å². The average Bonchev–Trinajstić information content (AvgIpc) is 2.33. The number of hydrogen-bond donors (Lipinski definition) is 1. The minimum atomic E-state index is 0. The van der Waals surface area contributed by atoms with E-state index in [2.05, 4.69) is 9.97 Å². The number of nitrogens with zero attached hydrogens (tertiary/aromatic N) is 2. The molecule has 1 N–H and O–H groups in total. The van der Waals surface area contributed by atoms with Crippen LogP contribution >= 0.6 is 12.4 Å². The van der Waals surface area contributed by atoms with Crippen LogP contribution in [0.1, 0.15) is 18.2 Å². The van der Waals surface area contributed by atoms with E-state index in [1.54, 1.807) is 30.7 Å². The summed E-state index contributed by atoms with van der Waals surface area (Å²) in [4.78, 5) is 8.20. The first-order chi connectivity index (χ1) is 7.77. The van der Waals surface area contributed by atoms with Gasteiger partial charge in [-0.3, -0.25) is 9.97 Å². The monoisotopic (exact) mass is 248 g/mol. The van der Waals surface area contributed by atoms with Gasteiger partial charge >= 0.3 is 0 Å². The second-order valence-electron chi connectivity index (χ2n) is 3.48. The van der Waals surface area contributed by atoms with Gasteiger partial charge in [0.05, 0.1) is 11.9 Å². The fraction of sp³-hybridized carbons (Fsp3) is 0.0769. The Hall–Kier alpha value is -1.87. The van der Waals surface area contributed by atoms with Crippen molar-refractivity contribution >= 4 is 24.1 Å². The Labute approximate surface area is 106 Å². The van der Waals surface area contributed by atoms with Gasteiger partial charge in [-0.2, -0.15) is 0 Å². The van der Waals surface area contributed by atoms with Crippen molar-refractivity contribution in [3.63, 3.8) is 0 Å². The summed E-state index contributed by atoms with van der Waals surface area (Å²) in [5, 5.41) is 9.63. The summed E-state index contributed by atoms with van der Waals surface area (Å²) in [5.74, 6) is 0.269. The minimum Gasteiger partial charge on any atom is -0.507 e. The largest absolute Gasteiger partial charge is 0.507 e. The third kappa shape index (κ3) is 3.29. The molecule has 0 unspecified atom stereocenters. The number of para-hydroxylation sites is 1. The maximum absolute atomic E-state index is 9.63. The second-order valence-corrected chi connectivity index (χ2v) is 3.48. The van der Waals surface area contributed by atoms with E-state index in [4.69, 9.17) is 0 Å². The molecule has 0 radical (unpaired) electrons. The maximum Gasteiger partial charge on any atom is 0.122 e. The molecule has 1 aromatic carbocycles. The van der Waals surface area contributed by atoms with Crippen LogP contribution in [-0.2, 0) is 0 Å². The highest BCUT2D eigenvalue weighted by Crippen LogP contribution is 2.21. The molecule has 0 fully saturated rings. The Kier molecular flexibility index (Phi) is 4.67. The van der Waals surface area contributed by atoms with Crippen molar-refractivity contribution in [1.82, 2.24) is 9.97 Å². The molecule has 17 heavy (non-hydrogen) atoms. The molecule has 1 aromatic heterocycles. The van der Waals surface area contributed by atoms with E-state index in [-0.39, 0.29) is 18.2 Å². The Morgan fingerprint density at radius 2 is 2.00 bits per heavy atom. The quantitative estimate of drug-likeness (QED) is 0.888. The molecule has 2 rings (SSSR count).